The van der Waals surface area contributed by atoms with Gasteiger partial charge in [0.05, 0.1) is 5.56 Å². The fourth-order valence-electron chi connectivity index (χ4n) is 1.97. The molecule has 4 nitrogen and oxygen atoms in total. The molecule has 104 valence electrons. The highest BCUT2D eigenvalue weighted by molar-refractivity contribution is 5.95. The van der Waals surface area contributed by atoms with E-state index in [1.54, 1.807) is 13.0 Å². The Labute approximate surface area is 117 Å². The quantitative estimate of drug-likeness (QED) is 0.833. The monoisotopic (exact) mass is 271 g/mol. The van der Waals surface area contributed by atoms with Crippen molar-refractivity contribution in [3.8, 4) is 11.5 Å². The molecule has 0 bridgehead atoms. The number of nitrogen functional groups attached to an aromatic ring is 1. The predicted octanol–water partition coefficient (Wildman–Crippen LogP) is 3.63. The van der Waals surface area contributed by atoms with Crippen molar-refractivity contribution in [3.05, 3.63) is 53.1 Å². The summed E-state index contributed by atoms with van der Waals surface area (Å²) in [6.07, 6.45) is 0.915. The number of hydrogen-bond donors (Lipinski definition) is 2. The minimum atomic E-state index is -1.06. The molecule has 0 saturated heterocycles. The van der Waals surface area contributed by atoms with Gasteiger partial charge >= 0.3 is 5.97 Å². The highest BCUT2D eigenvalue weighted by atomic mass is 16.5. The third-order valence-electron chi connectivity index (χ3n) is 3.13. The summed E-state index contributed by atoms with van der Waals surface area (Å²) in [7, 11) is 0. The van der Waals surface area contributed by atoms with Crippen molar-refractivity contribution in [3.63, 3.8) is 0 Å². The van der Waals surface area contributed by atoms with Gasteiger partial charge in [-0.1, -0.05) is 19.1 Å². The molecule has 0 fully saturated rings. The molecule has 0 atom stereocenters. The standard InChI is InChI=1S/C16H17NO3/c1-3-11-5-4-6-12(8-11)20-13-7-10(2)15(17)14(9-13)16(18)19/h4-9H,3,17H2,1-2H3,(H,18,19). The molecule has 2 rings (SSSR count). The molecule has 0 spiro atoms. The van der Waals surface area contributed by atoms with E-state index in [2.05, 4.69) is 6.92 Å². The van der Waals surface area contributed by atoms with Gasteiger partial charge in [-0.05, 0) is 48.7 Å². The van der Waals surface area contributed by atoms with Gasteiger partial charge in [-0.15, -0.1) is 0 Å². The first-order valence-corrected chi connectivity index (χ1v) is 6.41. The van der Waals surface area contributed by atoms with E-state index in [9.17, 15) is 4.79 Å². The van der Waals surface area contributed by atoms with Crippen LogP contribution < -0.4 is 10.5 Å². The van der Waals surface area contributed by atoms with E-state index in [1.165, 1.54) is 6.07 Å². The number of hydrogen-bond acceptors (Lipinski definition) is 3. The number of aryl methyl sites for hydroxylation is 2. The van der Waals surface area contributed by atoms with Gasteiger partial charge in [0.25, 0.3) is 0 Å². The third-order valence-corrected chi connectivity index (χ3v) is 3.13. The maximum absolute atomic E-state index is 11.1. The van der Waals surface area contributed by atoms with Crippen LogP contribution in [-0.2, 0) is 6.42 Å². The Bertz CT molecular complexity index is 650. The number of rotatable bonds is 4. The van der Waals surface area contributed by atoms with Gasteiger partial charge in [0.15, 0.2) is 0 Å². The molecule has 20 heavy (non-hydrogen) atoms. The molecule has 0 amide bonds. The fourth-order valence-corrected chi connectivity index (χ4v) is 1.97. The number of anilines is 1. The van der Waals surface area contributed by atoms with Crippen molar-refractivity contribution in [2.45, 2.75) is 20.3 Å². The molecule has 0 unspecified atom stereocenters. The molecule has 0 heterocycles. The SMILES string of the molecule is CCc1cccc(Oc2cc(C)c(N)c(C(=O)O)c2)c1. The largest absolute Gasteiger partial charge is 0.478 e. The molecule has 2 aromatic rings. The number of carboxylic acids is 1. The Morgan fingerprint density at radius 3 is 2.65 bits per heavy atom. The lowest BCUT2D eigenvalue weighted by Crippen LogP contribution is -2.04. The Morgan fingerprint density at radius 2 is 2.00 bits per heavy atom. The lowest BCUT2D eigenvalue weighted by atomic mass is 10.1. The number of benzene rings is 2. The molecular formula is C16H17NO3. The zero-order valence-corrected chi connectivity index (χ0v) is 11.5. The van der Waals surface area contributed by atoms with Crippen LogP contribution in [0.25, 0.3) is 0 Å². The summed E-state index contributed by atoms with van der Waals surface area (Å²) in [6, 6.07) is 10.9. The van der Waals surface area contributed by atoms with Gasteiger partial charge in [0.2, 0.25) is 0 Å². The minimum absolute atomic E-state index is 0.0617. The van der Waals surface area contributed by atoms with Crippen molar-refractivity contribution in [2.75, 3.05) is 5.73 Å². The molecule has 3 N–H and O–H groups in total. The molecular weight excluding hydrogens is 254 g/mol. The Balaban J connectivity index is 2.36. The van der Waals surface area contributed by atoms with Gasteiger partial charge in [-0.25, -0.2) is 4.79 Å². The van der Waals surface area contributed by atoms with Crippen molar-refractivity contribution < 1.29 is 14.6 Å². The number of carboxylic acid groups (broad SMARTS) is 1. The number of nitrogens with two attached hydrogens (primary N) is 1. The van der Waals surface area contributed by atoms with Gasteiger partial charge in [-0.3, -0.25) is 0 Å². The highest BCUT2D eigenvalue weighted by Crippen LogP contribution is 2.28. The number of ether oxygens (including phenoxy) is 1. The average Bonchev–Trinajstić information content (AvgIpc) is 2.42. The van der Waals surface area contributed by atoms with Crippen LogP contribution in [0.4, 0.5) is 5.69 Å². The highest BCUT2D eigenvalue weighted by Gasteiger charge is 2.12. The minimum Gasteiger partial charge on any atom is -0.478 e. The lowest BCUT2D eigenvalue weighted by molar-refractivity contribution is 0.0697. The molecule has 0 aliphatic carbocycles. The van der Waals surface area contributed by atoms with Crippen LogP contribution in [-0.4, -0.2) is 11.1 Å². The second-order valence-electron chi connectivity index (χ2n) is 4.61. The first-order chi connectivity index (χ1) is 9.51. The summed E-state index contributed by atoms with van der Waals surface area (Å²) < 4.78 is 5.73. The first-order valence-electron chi connectivity index (χ1n) is 6.41. The fraction of sp³-hybridized carbons (Fsp3) is 0.188. The third kappa shape index (κ3) is 2.91. The van der Waals surface area contributed by atoms with Crippen LogP contribution in [0.2, 0.25) is 0 Å². The molecule has 0 radical (unpaired) electrons. The Morgan fingerprint density at radius 1 is 1.25 bits per heavy atom. The average molecular weight is 271 g/mol. The first kappa shape index (κ1) is 13.9. The molecule has 2 aromatic carbocycles. The van der Waals surface area contributed by atoms with Crippen LogP contribution in [0.15, 0.2) is 36.4 Å². The summed E-state index contributed by atoms with van der Waals surface area (Å²) in [6.45, 7) is 3.83. The Hall–Kier alpha value is -2.49. The molecule has 0 aliphatic heterocycles. The maximum atomic E-state index is 11.1. The van der Waals surface area contributed by atoms with E-state index in [0.29, 0.717) is 17.1 Å². The van der Waals surface area contributed by atoms with Crippen LogP contribution >= 0.6 is 0 Å². The molecule has 0 aliphatic rings. The van der Waals surface area contributed by atoms with E-state index in [1.807, 2.05) is 24.3 Å². The van der Waals surface area contributed by atoms with E-state index in [0.717, 1.165) is 12.0 Å². The van der Waals surface area contributed by atoms with Gasteiger partial charge in [-0.2, -0.15) is 0 Å². The lowest BCUT2D eigenvalue weighted by Gasteiger charge is -2.11. The molecule has 0 aromatic heterocycles. The van der Waals surface area contributed by atoms with Crippen molar-refractivity contribution in [1.82, 2.24) is 0 Å². The van der Waals surface area contributed by atoms with Gasteiger partial charge < -0.3 is 15.6 Å². The smallest absolute Gasteiger partial charge is 0.337 e. The molecule has 0 saturated carbocycles. The van der Waals surface area contributed by atoms with Gasteiger partial charge in [0, 0.05) is 5.69 Å². The summed E-state index contributed by atoms with van der Waals surface area (Å²) >= 11 is 0. The molecule has 4 heteroatoms. The normalized spacial score (nSPS) is 10.3. The van der Waals surface area contributed by atoms with Crippen molar-refractivity contribution in [1.29, 1.82) is 0 Å². The van der Waals surface area contributed by atoms with Crippen LogP contribution in [0.1, 0.15) is 28.4 Å². The Kier molecular flexibility index (Phi) is 3.94. The predicted molar refractivity (Wildman–Crippen MR) is 78.4 cm³/mol. The van der Waals surface area contributed by atoms with Gasteiger partial charge in [0.1, 0.15) is 11.5 Å². The van der Waals surface area contributed by atoms with E-state index in [-0.39, 0.29) is 11.3 Å². The van der Waals surface area contributed by atoms with E-state index in [4.69, 9.17) is 15.6 Å². The van der Waals surface area contributed by atoms with Crippen LogP contribution in [0.5, 0.6) is 11.5 Å². The van der Waals surface area contributed by atoms with Crippen molar-refractivity contribution >= 4 is 11.7 Å². The number of carbonyl (C=O) groups is 1. The summed E-state index contributed by atoms with van der Waals surface area (Å²) in [5.74, 6) is 0.102. The zero-order chi connectivity index (χ0) is 14.7. The summed E-state index contributed by atoms with van der Waals surface area (Å²) in [5.41, 5.74) is 7.93. The number of aromatic carboxylic acids is 1. The second kappa shape index (κ2) is 5.65. The van der Waals surface area contributed by atoms with Crippen LogP contribution in [0, 0.1) is 6.92 Å². The maximum Gasteiger partial charge on any atom is 0.337 e. The van der Waals surface area contributed by atoms with E-state index < -0.39 is 5.97 Å². The summed E-state index contributed by atoms with van der Waals surface area (Å²) in [4.78, 5) is 11.1. The zero-order valence-electron chi connectivity index (χ0n) is 11.5. The second-order valence-corrected chi connectivity index (χ2v) is 4.61. The van der Waals surface area contributed by atoms with E-state index >= 15 is 0 Å². The summed E-state index contributed by atoms with van der Waals surface area (Å²) in [5, 5.41) is 9.13. The topological polar surface area (TPSA) is 72.5 Å². The van der Waals surface area contributed by atoms with Crippen molar-refractivity contribution in [2.24, 2.45) is 0 Å². The van der Waals surface area contributed by atoms with Crippen LogP contribution in [0.3, 0.4) is 0 Å².